The second-order valence-corrected chi connectivity index (χ2v) is 2.58. The van der Waals surface area contributed by atoms with E-state index in [2.05, 4.69) is 13.5 Å². The standard InChI is InChI=1S/C8H15O/c1-7(2)5-9-6-8(3)4/h7H,1,3,5-6H2,2,4H3. The molecule has 0 saturated heterocycles. The van der Waals surface area contributed by atoms with Gasteiger partial charge in [-0.3, -0.25) is 0 Å². The molecule has 1 unspecified atom stereocenters. The van der Waals surface area contributed by atoms with E-state index in [0.717, 1.165) is 12.2 Å². The summed E-state index contributed by atoms with van der Waals surface area (Å²) in [5, 5.41) is 0. The van der Waals surface area contributed by atoms with Crippen molar-refractivity contribution < 1.29 is 4.74 Å². The summed E-state index contributed by atoms with van der Waals surface area (Å²) in [4.78, 5) is 0. The van der Waals surface area contributed by atoms with Crippen molar-refractivity contribution in [2.45, 2.75) is 13.8 Å². The molecule has 1 radical (unpaired) electrons. The molecule has 0 aliphatic carbocycles. The predicted molar refractivity (Wildman–Crippen MR) is 40.2 cm³/mol. The number of ether oxygens (including phenoxy) is 1. The van der Waals surface area contributed by atoms with Gasteiger partial charge in [-0.15, -0.1) is 0 Å². The summed E-state index contributed by atoms with van der Waals surface area (Å²) in [7, 11) is 0. The molecule has 1 atom stereocenters. The Morgan fingerprint density at radius 3 is 2.56 bits per heavy atom. The molecule has 0 heterocycles. The zero-order valence-electron chi connectivity index (χ0n) is 6.31. The monoisotopic (exact) mass is 127 g/mol. The second kappa shape index (κ2) is 4.57. The third-order valence-corrected chi connectivity index (χ3v) is 0.751. The largest absolute Gasteiger partial charge is 0.377 e. The van der Waals surface area contributed by atoms with Crippen LogP contribution in [0.4, 0.5) is 0 Å². The van der Waals surface area contributed by atoms with Gasteiger partial charge in [0.05, 0.1) is 6.61 Å². The molecule has 0 spiro atoms. The first-order valence-corrected chi connectivity index (χ1v) is 3.18. The minimum absolute atomic E-state index is 0.379. The molecule has 0 saturated carbocycles. The van der Waals surface area contributed by atoms with Crippen molar-refractivity contribution in [3.63, 3.8) is 0 Å². The molecule has 0 rings (SSSR count). The molecule has 0 aromatic heterocycles. The van der Waals surface area contributed by atoms with Crippen LogP contribution in [0.15, 0.2) is 12.2 Å². The van der Waals surface area contributed by atoms with E-state index in [1.54, 1.807) is 0 Å². The predicted octanol–water partition coefficient (Wildman–Crippen LogP) is 2.05. The molecule has 1 nitrogen and oxygen atoms in total. The van der Waals surface area contributed by atoms with Crippen LogP contribution in [0, 0.1) is 12.8 Å². The highest BCUT2D eigenvalue weighted by molar-refractivity contribution is 4.87. The van der Waals surface area contributed by atoms with E-state index in [1.165, 1.54) is 0 Å². The first-order chi connectivity index (χ1) is 4.13. The van der Waals surface area contributed by atoms with Crippen molar-refractivity contribution in [1.29, 1.82) is 0 Å². The van der Waals surface area contributed by atoms with Crippen LogP contribution in [0.25, 0.3) is 0 Å². The molecule has 0 N–H and O–H groups in total. The van der Waals surface area contributed by atoms with Gasteiger partial charge in [0.1, 0.15) is 0 Å². The Labute approximate surface area is 57.7 Å². The van der Waals surface area contributed by atoms with Crippen LogP contribution in [0.2, 0.25) is 0 Å². The molecular formula is C8H15O. The third-order valence-electron chi connectivity index (χ3n) is 0.751. The molecule has 0 fully saturated rings. The topological polar surface area (TPSA) is 9.23 Å². The summed E-state index contributed by atoms with van der Waals surface area (Å²) in [6, 6.07) is 0. The van der Waals surface area contributed by atoms with Gasteiger partial charge < -0.3 is 4.74 Å². The van der Waals surface area contributed by atoms with E-state index >= 15 is 0 Å². The molecule has 0 aromatic carbocycles. The smallest absolute Gasteiger partial charge is 0.0671 e. The second-order valence-electron chi connectivity index (χ2n) is 2.58. The number of rotatable bonds is 4. The normalized spacial score (nSPS) is 10.2. The van der Waals surface area contributed by atoms with E-state index in [1.807, 2.05) is 13.8 Å². The zero-order chi connectivity index (χ0) is 7.28. The van der Waals surface area contributed by atoms with Gasteiger partial charge in [0.15, 0.2) is 0 Å². The van der Waals surface area contributed by atoms with Gasteiger partial charge in [-0.2, -0.15) is 0 Å². The maximum atomic E-state index is 5.19. The van der Waals surface area contributed by atoms with Gasteiger partial charge in [-0.1, -0.05) is 19.1 Å². The molecule has 1 heteroatoms. The Hall–Kier alpha value is -0.300. The Morgan fingerprint density at radius 2 is 2.22 bits per heavy atom. The average molecular weight is 127 g/mol. The molecular weight excluding hydrogens is 112 g/mol. The summed E-state index contributed by atoms with van der Waals surface area (Å²) < 4.78 is 5.19. The van der Waals surface area contributed by atoms with Gasteiger partial charge in [-0.05, 0) is 19.8 Å². The third kappa shape index (κ3) is 7.70. The van der Waals surface area contributed by atoms with Gasteiger partial charge in [0.25, 0.3) is 0 Å². The molecule has 0 aromatic rings. The fourth-order valence-electron chi connectivity index (χ4n) is 0.434. The van der Waals surface area contributed by atoms with Crippen molar-refractivity contribution in [2.75, 3.05) is 13.2 Å². The summed E-state index contributed by atoms with van der Waals surface area (Å²) >= 11 is 0. The van der Waals surface area contributed by atoms with Crippen LogP contribution < -0.4 is 0 Å². The van der Waals surface area contributed by atoms with E-state index < -0.39 is 0 Å². The van der Waals surface area contributed by atoms with Gasteiger partial charge in [-0.25, -0.2) is 0 Å². The van der Waals surface area contributed by atoms with Gasteiger partial charge >= 0.3 is 0 Å². The van der Waals surface area contributed by atoms with E-state index in [4.69, 9.17) is 4.74 Å². The quantitative estimate of drug-likeness (QED) is 0.525. The summed E-state index contributed by atoms with van der Waals surface area (Å²) in [5.74, 6) is 0.379. The van der Waals surface area contributed by atoms with E-state index in [0.29, 0.717) is 12.5 Å². The van der Waals surface area contributed by atoms with E-state index in [-0.39, 0.29) is 0 Å². The molecule has 0 amide bonds. The van der Waals surface area contributed by atoms with Crippen LogP contribution in [0.5, 0.6) is 0 Å². The lowest BCUT2D eigenvalue weighted by atomic mass is 10.2. The lowest BCUT2D eigenvalue weighted by Crippen LogP contribution is -2.03. The van der Waals surface area contributed by atoms with Crippen LogP contribution in [-0.2, 0) is 4.74 Å². The highest BCUT2D eigenvalue weighted by Crippen LogP contribution is 1.94. The van der Waals surface area contributed by atoms with Gasteiger partial charge in [0, 0.05) is 6.61 Å². The van der Waals surface area contributed by atoms with Crippen LogP contribution >= 0.6 is 0 Å². The Kier molecular flexibility index (Phi) is 4.41. The fourth-order valence-corrected chi connectivity index (χ4v) is 0.434. The maximum absolute atomic E-state index is 5.19. The zero-order valence-corrected chi connectivity index (χ0v) is 6.31. The Balaban J connectivity index is 3.01. The van der Waals surface area contributed by atoms with E-state index in [9.17, 15) is 0 Å². The first kappa shape index (κ1) is 8.70. The minimum atomic E-state index is 0.379. The average Bonchev–Trinajstić information content (AvgIpc) is 1.63. The van der Waals surface area contributed by atoms with Crippen LogP contribution in [0.3, 0.4) is 0 Å². The number of hydrogen-bond donors (Lipinski definition) is 0. The molecule has 0 bridgehead atoms. The first-order valence-electron chi connectivity index (χ1n) is 3.18. The molecule has 0 aliphatic heterocycles. The number of hydrogen-bond acceptors (Lipinski definition) is 1. The highest BCUT2D eigenvalue weighted by atomic mass is 16.5. The van der Waals surface area contributed by atoms with Crippen molar-refractivity contribution >= 4 is 0 Å². The fraction of sp³-hybridized carbons (Fsp3) is 0.625. The highest BCUT2D eigenvalue weighted by Gasteiger charge is 1.92. The SMILES string of the molecule is [CH2]C(C)COCC(=C)C. The van der Waals surface area contributed by atoms with Crippen molar-refractivity contribution in [3.8, 4) is 0 Å². The summed E-state index contributed by atoms with van der Waals surface area (Å²) in [6.07, 6.45) is 0. The molecule has 9 heavy (non-hydrogen) atoms. The lowest BCUT2D eigenvalue weighted by molar-refractivity contribution is 0.136. The lowest BCUT2D eigenvalue weighted by Gasteiger charge is -2.04. The van der Waals surface area contributed by atoms with Crippen molar-refractivity contribution in [3.05, 3.63) is 19.1 Å². The maximum Gasteiger partial charge on any atom is 0.0671 e. The minimum Gasteiger partial charge on any atom is -0.377 e. The Bertz CT molecular complexity index is 84.6. The van der Waals surface area contributed by atoms with Crippen molar-refractivity contribution in [2.24, 2.45) is 5.92 Å². The Morgan fingerprint density at radius 1 is 1.67 bits per heavy atom. The van der Waals surface area contributed by atoms with Crippen LogP contribution in [0.1, 0.15) is 13.8 Å². The molecule has 53 valence electrons. The molecule has 0 aliphatic rings. The van der Waals surface area contributed by atoms with Gasteiger partial charge in [0.2, 0.25) is 0 Å². The van der Waals surface area contributed by atoms with Crippen molar-refractivity contribution in [1.82, 2.24) is 0 Å². The summed E-state index contributed by atoms with van der Waals surface area (Å²) in [5.41, 5.74) is 1.07. The summed E-state index contributed by atoms with van der Waals surface area (Å²) in [6.45, 7) is 12.9. The van der Waals surface area contributed by atoms with Crippen LogP contribution in [-0.4, -0.2) is 13.2 Å².